The Morgan fingerprint density at radius 3 is 2.64 bits per heavy atom. The van der Waals surface area contributed by atoms with Gasteiger partial charge in [-0.1, -0.05) is 53.9 Å². The minimum absolute atomic E-state index is 0.00553. The summed E-state index contributed by atoms with van der Waals surface area (Å²) in [7, 11) is 0. The van der Waals surface area contributed by atoms with E-state index >= 15 is 0 Å². The molecule has 1 aliphatic rings. The number of halogens is 3. The molecule has 0 fully saturated rings. The molecule has 5 heteroatoms. The van der Waals surface area contributed by atoms with Crippen LogP contribution in [-0.2, 0) is 4.79 Å². The summed E-state index contributed by atoms with van der Waals surface area (Å²) in [6.45, 7) is 2.57. The SMILES string of the molecule is C[C@@]1(CNC(=O)C(Cl)(Cl)Cl)C=CCC1. The molecule has 80 valence electrons. The standard InChI is InChI=1S/C9H12Cl3NO/c1-8(4-2-3-5-8)6-13-7(14)9(10,11)12/h2,4H,3,5-6H2,1H3,(H,13,14)/t8-/m1/s1. The van der Waals surface area contributed by atoms with Crippen molar-refractivity contribution in [2.75, 3.05) is 6.54 Å². The first kappa shape index (κ1) is 12.2. The summed E-state index contributed by atoms with van der Waals surface area (Å²) in [5.74, 6) is -0.566. The van der Waals surface area contributed by atoms with Gasteiger partial charge in [0, 0.05) is 12.0 Å². The minimum Gasteiger partial charge on any atom is -0.352 e. The van der Waals surface area contributed by atoms with Crippen LogP contribution in [0.15, 0.2) is 12.2 Å². The molecule has 0 aromatic heterocycles. The number of alkyl halides is 3. The Balaban J connectivity index is 2.41. The van der Waals surface area contributed by atoms with Crippen LogP contribution in [0.4, 0.5) is 0 Å². The topological polar surface area (TPSA) is 29.1 Å². The van der Waals surface area contributed by atoms with Gasteiger partial charge in [-0.15, -0.1) is 0 Å². The van der Waals surface area contributed by atoms with E-state index in [2.05, 4.69) is 24.4 Å². The van der Waals surface area contributed by atoms with Gasteiger partial charge in [-0.2, -0.15) is 0 Å². The highest BCUT2D eigenvalue weighted by molar-refractivity contribution is 6.76. The maximum atomic E-state index is 11.2. The number of carbonyl (C=O) groups is 1. The first-order valence-corrected chi connectivity index (χ1v) is 5.50. The van der Waals surface area contributed by atoms with E-state index in [0.717, 1.165) is 12.8 Å². The van der Waals surface area contributed by atoms with Crippen LogP contribution >= 0.6 is 34.8 Å². The van der Waals surface area contributed by atoms with Gasteiger partial charge in [0.05, 0.1) is 0 Å². The fourth-order valence-electron chi connectivity index (χ4n) is 1.39. The predicted octanol–water partition coefficient (Wildman–Crippen LogP) is 2.83. The molecule has 0 saturated heterocycles. The zero-order valence-electron chi connectivity index (χ0n) is 7.82. The molecular weight excluding hydrogens is 244 g/mol. The quantitative estimate of drug-likeness (QED) is 0.597. The van der Waals surface area contributed by atoms with E-state index in [0.29, 0.717) is 6.54 Å². The summed E-state index contributed by atoms with van der Waals surface area (Å²) in [5, 5.41) is 2.62. The maximum absolute atomic E-state index is 11.2. The number of amides is 1. The van der Waals surface area contributed by atoms with Gasteiger partial charge in [0.2, 0.25) is 0 Å². The van der Waals surface area contributed by atoms with E-state index < -0.39 is 9.70 Å². The lowest BCUT2D eigenvalue weighted by molar-refractivity contribution is -0.120. The summed E-state index contributed by atoms with van der Waals surface area (Å²) >= 11 is 16.2. The molecule has 1 amide bonds. The molecule has 14 heavy (non-hydrogen) atoms. The van der Waals surface area contributed by atoms with Crippen LogP contribution in [0.3, 0.4) is 0 Å². The normalized spacial score (nSPS) is 26.6. The average molecular weight is 257 g/mol. The minimum atomic E-state index is -1.86. The molecule has 0 bridgehead atoms. The molecule has 1 aliphatic carbocycles. The van der Waals surface area contributed by atoms with Crippen molar-refractivity contribution >= 4 is 40.7 Å². The molecular formula is C9H12Cl3NO. The van der Waals surface area contributed by atoms with E-state index in [1.165, 1.54) is 0 Å². The van der Waals surface area contributed by atoms with Gasteiger partial charge in [0.1, 0.15) is 0 Å². The molecule has 1 N–H and O–H groups in total. The first-order valence-electron chi connectivity index (χ1n) is 4.36. The van der Waals surface area contributed by atoms with Crippen LogP contribution in [0.5, 0.6) is 0 Å². The zero-order chi connectivity index (χ0) is 10.8. The molecule has 0 saturated carbocycles. The molecule has 0 spiro atoms. The number of allylic oxidation sites excluding steroid dienone is 1. The van der Waals surface area contributed by atoms with Crippen molar-refractivity contribution in [2.45, 2.75) is 23.6 Å². The second-order valence-corrected chi connectivity index (χ2v) is 6.06. The summed E-state index contributed by atoms with van der Waals surface area (Å²) in [5.41, 5.74) is 0.00553. The summed E-state index contributed by atoms with van der Waals surface area (Å²) < 4.78 is -1.86. The van der Waals surface area contributed by atoms with E-state index in [1.807, 2.05) is 0 Å². The van der Waals surface area contributed by atoms with Crippen molar-refractivity contribution in [3.8, 4) is 0 Å². The Labute approximate surface area is 98.6 Å². The molecule has 2 nitrogen and oxygen atoms in total. The molecule has 0 aromatic rings. The largest absolute Gasteiger partial charge is 0.352 e. The summed E-state index contributed by atoms with van der Waals surface area (Å²) in [6.07, 6.45) is 6.25. The third-order valence-electron chi connectivity index (χ3n) is 2.31. The smallest absolute Gasteiger partial charge is 0.272 e. The highest BCUT2D eigenvalue weighted by atomic mass is 35.6. The summed E-state index contributed by atoms with van der Waals surface area (Å²) in [4.78, 5) is 11.2. The highest BCUT2D eigenvalue weighted by Gasteiger charge is 2.32. The van der Waals surface area contributed by atoms with Crippen LogP contribution < -0.4 is 5.32 Å². The van der Waals surface area contributed by atoms with Crippen molar-refractivity contribution < 1.29 is 4.79 Å². The Bertz CT molecular complexity index is 259. The molecule has 0 radical (unpaired) electrons. The van der Waals surface area contributed by atoms with Crippen LogP contribution in [0.2, 0.25) is 0 Å². The molecule has 0 heterocycles. The third kappa shape index (κ3) is 3.34. The number of rotatable bonds is 2. The molecule has 0 aliphatic heterocycles. The zero-order valence-corrected chi connectivity index (χ0v) is 10.1. The van der Waals surface area contributed by atoms with E-state index in [4.69, 9.17) is 34.8 Å². The van der Waals surface area contributed by atoms with Crippen molar-refractivity contribution in [1.82, 2.24) is 5.32 Å². The number of carbonyl (C=O) groups excluding carboxylic acids is 1. The van der Waals surface area contributed by atoms with Crippen molar-refractivity contribution in [3.63, 3.8) is 0 Å². The van der Waals surface area contributed by atoms with E-state index in [1.54, 1.807) is 0 Å². The third-order valence-corrected chi connectivity index (χ3v) is 2.83. The second kappa shape index (κ2) is 4.30. The van der Waals surface area contributed by atoms with E-state index in [-0.39, 0.29) is 5.41 Å². The molecule has 1 rings (SSSR count). The van der Waals surface area contributed by atoms with Crippen LogP contribution in [0.25, 0.3) is 0 Å². The number of hydrogen-bond donors (Lipinski definition) is 1. The molecule has 1 atom stereocenters. The Kier molecular flexibility index (Phi) is 3.73. The average Bonchev–Trinajstić information content (AvgIpc) is 2.47. The van der Waals surface area contributed by atoms with Gasteiger partial charge in [0.15, 0.2) is 0 Å². The van der Waals surface area contributed by atoms with Crippen molar-refractivity contribution in [3.05, 3.63) is 12.2 Å². The van der Waals surface area contributed by atoms with Gasteiger partial charge in [-0.25, -0.2) is 0 Å². The highest BCUT2D eigenvalue weighted by Crippen LogP contribution is 2.31. The number of nitrogens with one attached hydrogen (secondary N) is 1. The van der Waals surface area contributed by atoms with Gasteiger partial charge >= 0.3 is 0 Å². The monoisotopic (exact) mass is 255 g/mol. The Morgan fingerprint density at radius 1 is 1.57 bits per heavy atom. The lowest BCUT2D eigenvalue weighted by Crippen LogP contribution is -2.40. The van der Waals surface area contributed by atoms with Gasteiger partial charge in [-0.05, 0) is 12.8 Å². The van der Waals surface area contributed by atoms with Crippen LogP contribution in [0, 0.1) is 5.41 Å². The lowest BCUT2D eigenvalue weighted by Gasteiger charge is -2.23. The predicted molar refractivity (Wildman–Crippen MR) is 59.8 cm³/mol. The maximum Gasteiger partial charge on any atom is 0.272 e. The van der Waals surface area contributed by atoms with Gasteiger partial charge in [0.25, 0.3) is 9.70 Å². The van der Waals surface area contributed by atoms with Crippen molar-refractivity contribution in [2.24, 2.45) is 5.41 Å². The van der Waals surface area contributed by atoms with Gasteiger partial charge in [-0.3, -0.25) is 4.79 Å². The Hall–Kier alpha value is 0.0800. The molecule has 0 unspecified atom stereocenters. The van der Waals surface area contributed by atoms with Crippen LogP contribution in [-0.4, -0.2) is 16.2 Å². The molecule has 0 aromatic carbocycles. The summed E-state index contributed by atoms with van der Waals surface area (Å²) in [6, 6.07) is 0. The fourth-order valence-corrected chi connectivity index (χ4v) is 1.59. The van der Waals surface area contributed by atoms with Crippen molar-refractivity contribution in [1.29, 1.82) is 0 Å². The van der Waals surface area contributed by atoms with Crippen LogP contribution in [0.1, 0.15) is 19.8 Å². The van der Waals surface area contributed by atoms with E-state index in [9.17, 15) is 4.79 Å². The number of hydrogen-bond acceptors (Lipinski definition) is 1. The van der Waals surface area contributed by atoms with Gasteiger partial charge < -0.3 is 5.32 Å². The lowest BCUT2D eigenvalue weighted by atomic mass is 9.90. The first-order chi connectivity index (χ1) is 6.33. The fraction of sp³-hybridized carbons (Fsp3) is 0.667. The second-order valence-electron chi connectivity index (χ2n) is 3.78. The Morgan fingerprint density at radius 2 is 2.21 bits per heavy atom.